The molecule has 0 saturated heterocycles. The van der Waals surface area contributed by atoms with Gasteiger partial charge in [-0.3, -0.25) is 4.79 Å². The molecule has 1 rings (SSSR count). The van der Waals surface area contributed by atoms with Crippen LogP contribution in [-0.2, 0) is 4.79 Å². The SMILES string of the molecule is CN(C)C1=CCC(C(=O)Br)C=C1. The summed E-state index contributed by atoms with van der Waals surface area (Å²) in [4.78, 5) is 12.9. The Morgan fingerprint density at radius 3 is 2.67 bits per heavy atom. The summed E-state index contributed by atoms with van der Waals surface area (Å²) >= 11 is 2.96. The maximum absolute atomic E-state index is 10.9. The second-order valence-electron chi connectivity index (χ2n) is 3.03. The lowest BCUT2D eigenvalue weighted by Gasteiger charge is -2.18. The third kappa shape index (κ3) is 2.21. The molecule has 2 nitrogen and oxygen atoms in total. The second-order valence-corrected chi connectivity index (χ2v) is 3.81. The summed E-state index contributed by atoms with van der Waals surface area (Å²) in [6, 6.07) is 0. The lowest BCUT2D eigenvalue weighted by Crippen LogP contribution is -2.14. The van der Waals surface area contributed by atoms with Crippen molar-refractivity contribution in [1.29, 1.82) is 0 Å². The molecule has 0 heterocycles. The molecule has 0 aromatic heterocycles. The van der Waals surface area contributed by atoms with Crippen LogP contribution in [0.2, 0.25) is 0 Å². The third-order valence-corrected chi connectivity index (χ3v) is 2.48. The highest BCUT2D eigenvalue weighted by molar-refractivity contribution is 9.18. The highest BCUT2D eigenvalue weighted by Gasteiger charge is 2.14. The zero-order chi connectivity index (χ0) is 9.14. The number of allylic oxidation sites excluding steroid dienone is 3. The molecule has 0 amide bonds. The minimum absolute atomic E-state index is 0.0219. The number of hydrogen-bond acceptors (Lipinski definition) is 2. The first kappa shape index (κ1) is 9.52. The van der Waals surface area contributed by atoms with E-state index in [1.807, 2.05) is 31.1 Å². The Balaban J connectivity index is 2.61. The van der Waals surface area contributed by atoms with Crippen LogP contribution >= 0.6 is 15.9 Å². The molecule has 0 bridgehead atoms. The third-order valence-electron chi connectivity index (χ3n) is 1.89. The summed E-state index contributed by atoms with van der Waals surface area (Å²) in [5.74, 6) is 0.0219. The molecule has 0 saturated carbocycles. The van der Waals surface area contributed by atoms with Crippen LogP contribution in [0.1, 0.15) is 6.42 Å². The summed E-state index contributed by atoms with van der Waals surface area (Å²) in [7, 11) is 3.99. The Kier molecular flexibility index (Phi) is 3.09. The predicted octanol–water partition coefficient (Wildman–Crippen LogP) is 1.93. The summed E-state index contributed by atoms with van der Waals surface area (Å²) < 4.78 is 0.0628. The van der Waals surface area contributed by atoms with Gasteiger partial charge in [0.2, 0.25) is 4.69 Å². The van der Waals surface area contributed by atoms with Crippen LogP contribution in [0.4, 0.5) is 0 Å². The minimum atomic E-state index is 0.0219. The molecule has 1 atom stereocenters. The molecular weight excluding hydrogens is 218 g/mol. The molecule has 1 aliphatic carbocycles. The van der Waals surface area contributed by atoms with Crippen LogP contribution < -0.4 is 0 Å². The van der Waals surface area contributed by atoms with Crippen molar-refractivity contribution in [2.75, 3.05) is 14.1 Å². The van der Waals surface area contributed by atoms with Gasteiger partial charge >= 0.3 is 0 Å². The van der Waals surface area contributed by atoms with E-state index >= 15 is 0 Å². The van der Waals surface area contributed by atoms with Gasteiger partial charge in [0, 0.05) is 19.8 Å². The largest absolute Gasteiger partial charge is 0.378 e. The van der Waals surface area contributed by atoms with Crippen molar-refractivity contribution in [2.24, 2.45) is 5.92 Å². The van der Waals surface area contributed by atoms with Crippen molar-refractivity contribution in [1.82, 2.24) is 4.90 Å². The van der Waals surface area contributed by atoms with E-state index in [0.717, 1.165) is 6.42 Å². The first-order valence-corrected chi connectivity index (χ1v) is 4.65. The van der Waals surface area contributed by atoms with Crippen LogP contribution in [0, 0.1) is 5.92 Å². The average Bonchev–Trinajstić information content (AvgIpc) is 2.04. The molecule has 3 heteroatoms. The van der Waals surface area contributed by atoms with Crippen molar-refractivity contribution in [3.8, 4) is 0 Å². The number of halogens is 1. The predicted molar refractivity (Wildman–Crippen MR) is 53.0 cm³/mol. The lowest BCUT2D eigenvalue weighted by molar-refractivity contribution is -0.112. The standard InChI is InChI=1S/C9H12BrNO/c1-11(2)8-5-3-7(4-6-8)9(10)12/h3,5-7H,4H2,1-2H3. The molecule has 0 aliphatic heterocycles. The fourth-order valence-electron chi connectivity index (χ4n) is 1.11. The Bertz CT molecular complexity index is 243. The van der Waals surface area contributed by atoms with Gasteiger partial charge in [-0.15, -0.1) is 0 Å². The fourth-order valence-corrected chi connectivity index (χ4v) is 1.45. The van der Waals surface area contributed by atoms with Crippen LogP contribution in [0.15, 0.2) is 23.9 Å². The number of hydrogen-bond donors (Lipinski definition) is 0. The summed E-state index contributed by atoms with van der Waals surface area (Å²) in [6.45, 7) is 0. The maximum atomic E-state index is 10.9. The van der Waals surface area contributed by atoms with Crippen molar-refractivity contribution in [3.05, 3.63) is 23.9 Å². The van der Waals surface area contributed by atoms with Gasteiger partial charge in [0.05, 0.1) is 5.92 Å². The van der Waals surface area contributed by atoms with Gasteiger partial charge in [-0.2, -0.15) is 0 Å². The first-order chi connectivity index (χ1) is 5.61. The molecule has 0 N–H and O–H groups in total. The summed E-state index contributed by atoms with van der Waals surface area (Å²) in [5.41, 5.74) is 1.17. The van der Waals surface area contributed by atoms with Gasteiger partial charge in [0.25, 0.3) is 0 Å². The van der Waals surface area contributed by atoms with Gasteiger partial charge < -0.3 is 4.90 Å². The molecule has 0 spiro atoms. The van der Waals surface area contributed by atoms with E-state index < -0.39 is 0 Å². The first-order valence-electron chi connectivity index (χ1n) is 3.86. The molecule has 0 aromatic rings. The van der Waals surface area contributed by atoms with Crippen molar-refractivity contribution in [3.63, 3.8) is 0 Å². The fraction of sp³-hybridized carbons (Fsp3) is 0.444. The smallest absolute Gasteiger partial charge is 0.204 e. The van der Waals surface area contributed by atoms with Crippen LogP contribution in [0.5, 0.6) is 0 Å². The van der Waals surface area contributed by atoms with Gasteiger partial charge in [-0.05, 0) is 28.4 Å². The number of likely N-dealkylation sites (N-methyl/N-ethyl adjacent to an activating group) is 1. The van der Waals surface area contributed by atoms with Gasteiger partial charge in [-0.25, -0.2) is 0 Å². The van der Waals surface area contributed by atoms with E-state index in [1.165, 1.54) is 5.70 Å². The highest BCUT2D eigenvalue weighted by Crippen LogP contribution is 2.19. The van der Waals surface area contributed by atoms with E-state index in [0.29, 0.717) is 0 Å². The molecule has 1 aliphatic rings. The van der Waals surface area contributed by atoms with E-state index in [4.69, 9.17) is 0 Å². The maximum Gasteiger partial charge on any atom is 0.204 e. The van der Waals surface area contributed by atoms with Crippen LogP contribution in [0.25, 0.3) is 0 Å². The Morgan fingerprint density at radius 1 is 1.67 bits per heavy atom. The Hall–Kier alpha value is -0.570. The van der Waals surface area contributed by atoms with Crippen molar-refractivity contribution >= 4 is 20.6 Å². The van der Waals surface area contributed by atoms with E-state index in [9.17, 15) is 4.79 Å². The molecule has 0 radical (unpaired) electrons. The minimum Gasteiger partial charge on any atom is -0.378 e. The molecule has 0 aromatic carbocycles. The van der Waals surface area contributed by atoms with Gasteiger partial charge in [-0.1, -0.05) is 12.2 Å². The monoisotopic (exact) mass is 229 g/mol. The molecule has 0 fully saturated rings. The second kappa shape index (κ2) is 3.90. The van der Waals surface area contributed by atoms with Gasteiger partial charge in [0.15, 0.2) is 0 Å². The molecule has 1 unspecified atom stereocenters. The van der Waals surface area contributed by atoms with Crippen molar-refractivity contribution < 1.29 is 4.79 Å². The number of carbonyl (C=O) groups is 1. The summed E-state index contributed by atoms with van der Waals surface area (Å²) in [6.07, 6.45) is 6.79. The van der Waals surface area contributed by atoms with E-state index in [1.54, 1.807) is 0 Å². The quantitative estimate of drug-likeness (QED) is 0.675. The zero-order valence-corrected chi connectivity index (χ0v) is 8.84. The topological polar surface area (TPSA) is 20.3 Å². The lowest BCUT2D eigenvalue weighted by atomic mass is 10.0. The summed E-state index contributed by atoms with van der Waals surface area (Å²) in [5, 5.41) is 0. The van der Waals surface area contributed by atoms with E-state index in [2.05, 4.69) is 22.0 Å². The highest BCUT2D eigenvalue weighted by atomic mass is 79.9. The molecule has 66 valence electrons. The Labute approximate surface area is 81.1 Å². The number of nitrogens with zero attached hydrogens (tertiary/aromatic N) is 1. The molecular formula is C9H12BrNO. The normalized spacial score (nSPS) is 21.9. The Morgan fingerprint density at radius 2 is 2.33 bits per heavy atom. The van der Waals surface area contributed by atoms with E-state index in [-0.39, 0.29) is 10.6 Å². The molecule has 12 heavy (non-hydrogen) atoms. The zero-order valence-electron chi connectivity index (χ0n) is 7.25. The van der Waals surface area contributed by atoms with Crippen LogP contribution in [-0.4, -0.2) is 23.7 Å². The van der Waals surface area contributed by atoms with Gasteiger partial charge in [0.1, 0.15) is 0 Å². The number of rotatable bonds is 2. The van der Waals surface area contributed by atoms with Crippen molar-refractivity contribution in [2.45, 2.75) is 6.42 Å². The average molecular weight is 230 g/mol. The van der Waals surface area contributed by atoms with Crippen LogP contribution in [0.3, 0.4) is 0 Å². The number of carbonyl (C=O) groups excluding carboxylic acids is 1.